The number of benzene rings is 1. The fraction of sp³-hybridized carbons (Fsp3) is 0.375. The standard InChI is InChI=1S/C16H19ClN2O/c1-11-4-6-13(7-5-11)10-14-12(2)18-15(8-9-20-3)19-16(14)17/h4-7H,8-10H2,1-3H3. The molecule has 0 aliphatic rings. The van der Waals surface area contributed by atoms with Crippen LogP contribution in [0.25, 0.3) is 0 Å². The van der Waals surface area contributed by atoms with Crippen LogP contribution in [0.3, 0.4) is 0 Å². The van der Waals surface area contributed by atoms with Crippen LogP contribution in [0.15, 0.2) is 24.3 Å². The quantitative estimate of drug-likeness (QED) is 0.790. The van der Waals surface area contributed by atoms with E-state index in [0.717, 1.165) is 23.5 Å². The van der Waals surface area contributed by atoms with Crippen LogP contribution in [-0.2, 0) is 17.6 Å². The average molecular weight is 291 g/mol. The number of ether oxygens (including phenoxy) is 1. The summed E-state index contributed by atoms with van der Waals surface area (Å²) in [6.45, 7) is 4.66. The molecule has 0 aliphatic carbocycles. The molecule has 0 amide bonds. The summed E-state index contributed by atoms with van der Waals surface area (Å²) in [7, 11) is 1.67. The van der Waals surface area contributed by atoms with Crippen LogP contribution in [0.1, 0.15) is 28.2 Å². The average Bonchev–Trinajstić information content (AvgIpc) is 2.42. The van der Waals surface area contributed by atoms with E-state index >= 15 is 0 Å². The van der Waals surface area contributed by atoms with Gasteiger partial charge in [-0.15, -0.1) is 0 Å². The van der Waals surface area contributed by atoms with E-state index in [2.05, 4.69) is 41.2 Å². The third-order valence-electron chi connectivity index (χ3n) is 3.24. The number of aromatic nitrogens is 2. The summed E-state index contributed by atoms with van der Waals surface area (Å²) in [6.07, 6.45) is 1.44. The number of halogens is 1. The highest BCUT2D eigenvalue weighted by molar-refractivity contribution is 6.30. The highest BCUT2D eigenvalue weighted by Gasteiger charge is 2.10. The minimum Gasteiger partial charge on any atom is -0.384 e. The number of rotatable bonds is 5. The maximum Gasteiger partial charge on any atom is 0.136 e. The molecule has 0 spiro atoms. The van der Waals surface area contributed by atoms with Gasteiger partial charge in [0, 0.05) is 31.2 Å². The molecule has 20 heavy (non-hydrogen) atoms. The third kappa shape index (κ3) is 3.78. The molecule has 1 heterocycles. The molecule has 0 atom stereocenters. The van der Waals surface area contributed by atoms with Crippen molar-refractivity contribution < 1.29 is 4.74 Å². The van der Waals surface area contributed by atoms with Gasteiger partial charge in [0.25, 0.3) is 0 Å². The highest BCUT2D eigenvalue weighted by Crippen LogP contribution is 2.20. The molecular weight excluding hydrogens is 272 g/mol. The zero-order valence-electron chi connectivity index (χ0n) is 12.1. The molecule has 1 aromatic carbocycles. The van der Waals surface area contributed by atoms with Gasteiger partial charge < -0.3 is 4.74 Å². The lowest BCUT2D eigenvalue weighted by Crippen LogP contribution is -2.06. The predicted octanol–water partition coefficient (Wildman–Crippen LogP) is 3.53. The van der Waals surface area contributed by atoms with E-state index in [4.69, 9.17) is 16.3 Å². The van der Waals surface area contributed by atoms with E-state index in [0.29, 0.717) is 18.2 Å². The molecule has 2 aromatic rings. The summed E-state index contributed by atoms with van der Waals surface area (Å²) in [5.41, 5.74) is 4.41. The molecule has 0 saturated heterocycles. The molecule has 1 aromatic heterocycles. The second-order valence-corrected chi connectivity index (χ2v) is 5.26. The van der Waals surface area contributed by atoms with Crippen molar-refractivity contribution in [3.63, 3.8) is 0 Å². The number of hydrogen-bond acceptors (Lipinski definition) is 3. The Hall–Kier alpha value is -1.45. The third-order valence-corrected chi connectivity index (χ3v) is 3.55. The van der Waals surface area contributed by atoms with E-state index in [-0.39, 0.29) is 0 Å². The Kier molecular flexibility index (Phi) is 5.10. The molecule has 0 unspecified atom stereocenters. The van der Waals surface area contributed by atoms with Gasteiger partial charge in [0.2, 0.25) is 0 Å². The molecular formula is C16H19ClN2O. The first-order valence-corrected chi connectivity index (χ1v) is 7.04. The SMILES string of the molecule is COCCc1nc(C)c(Cc2ccc(C)cc2)c(Cl)n1. The largest absolute Gasteiger partial charge is 0.384 e. The lowest BCUT2D eigenvalue weighted by molar-refractivity contribution is 0.200. The van der Waals surface area contributed by atoms with Crippen LogP contribution in [0.2, 0.25) is 5.15 Å². The van der Waals surface area contributed by atoms with Gasteiger partial charge in [-0.3, -0.25) is 0 Å². The summed E-state index contributed by atoms with van der Waals surface area (Å²) in [5.74, 6) is 0.738. The van der Waals surface area contributed by atoms with Crippen molar-refractivity contribution in [3.05, 3.63) is 57.6 Å². The summed E-state index contributed by atoms with van der Waals surface area (Å²) in [6, 6.07) is 8.44. The van der Waals surface area contributed by atoms with Gasteiger partial charge >= 0.3 is 0 Å². The van der Waals surface area contributed by atoms with Gasteiger partial charge in [-0.05, 0) is 19.4 Å². The van der Waals surface area contributed by atoms with Crippen molar-refractivity contribution in [3.8, 4) is 0 Å². The summed E-state index contributed by atoms with van der Waals surface area (Å²) in [4.78, 5) is 8.87. The van der Waals surface area contributed by atoms with Crippen molar-refractivity contribution in [1.29, 1.82) is 0 Å². The molecule has 0 fully saturated rings. The van der Waals surface area contributed by atoms with Crippen LogP contribution >= 0.6 is 11.6 Å². The number of hydrogen-bond donors (Lipinski definition) is 0. The Morgan fingerprint density at radius 1 is 1.10 bits per heavy atom. The van der Waals surface area contributed by atoms with E-state index in [1.165, 1.54) is 11.1 Å². The van der Waals surface area contributed by atoms with Crippen molar-refractivity contribution in [2.24, 2.45) is 0 Å². The first kappa shape index (κ1) is 14.9. The lowest BCUT2D eigenvalue weighted by Gasteiger charge is -2.10. The van der Waals surface area contributed by atoms with Gasteiger partial charge in [0.15, 0.2) is 0 Å². The zero-order chi connectivity index (χ0) is 14.5. The topological polar surface area (TPSA) is 35.0 Å². The molecule has 106 valence electrons. The fourth-order valence-electron chi connectivity index (χ4n) is 2.03. The van der Waals surface area contributed by atoms with Gasteiger partial charge in [0.05, 0.1) is 6.61 Å². The Labute approximate surface area is 125 Å². The van der Waals surface area contributed by atoms with Crippen LogP contribution in [0.5, 0.6) is 0 Å². The van der Waals surface area contributed by atoms with E-state index < -0.39 is 0 Å². The van der Waals surface area contributed by atoms with Gasteiger partial charge in [-0.2, -0.15) is 0 Å². The maximum absolute atomic E-state index is 6.30. The van der Waals surface area contributed by atoms with E-state index in [1.807, 2.05) is 6.92 Å². The molecule has 0 aliphatic heterocycles. The Balaban J connectivity index is 2.21. The fourth-order valence-corrected chi connectivity index (χ4v) is 2.33. The van der Waals surface area contributed by atoms with Crippen LogP contribution < -0.4 is 0 Å². The maximum atomic E-state index is 6.30. The molecule has 0 N–H and O–H groups in total. The molecule has 0 bridgehead atoms. The van der Waals surface area contributed by atoms with Crippen LogP contribution in [-0.4, -0.2) is 23.7 Å². The number of aryl methyl sites for hydroxylation is 2. The van der Waals surface area contributed by atoms with E-state index in [1.54, 1.807) is 7.11 Å². The smallest absolute Gasteiger partial charge is 0.136 e. The highest BCUT2D eigenvalue weighted by atomic mass is 35.5. The first-order valence-electron chi connectivity index (χ1n) is 6.66. The first-order chi connectivity index (χ1) is 9.60. The van der Waals surface area contributed by atoms with Crippen molar-refractivity contribution in [1.82, 2.24) is 9.97 Å². The Morgan fingerprint density at radius 2 is 1.80 bits per heavy atom. The van der Waals surface area contributed by atoms with Crippen molar-refractivity contribution >= 4 is 11.6 Å². The normalized spacial score (nSPS) is 10.8. The van der Waals surface area contributed by atoms with Gasteiger partial charge in [-0.25, -0.2) is 9.97 Å². The number of nitrogens with zero attached hydrogens (tertiary/aromatic N) is 2. The minimum absolute atomic E-state index is 0.546. The molecule has 3 nitrogen and oxygen atoms in total. The summed E-state index contributed by atoms with van der Waals surface area (Å²) in [5, 5.41) is 0.546. The second kappa shape index (κ2) is 6.82. The molecule has 0 radical (unpaired) electrons. The molecule has 0 saturated carbocycles. The van der Waals surface area contributed by atoms with Crippen LogP contribution in [0, 0.1) is 13.8 Å². The van der Waals surface area contributed by atoms with E-state index in [9.17, 15) is 0 Å². The summed E-state index contributed by atoms with van der Waals surface area (Å²) >= 11 is 6.30. The monoisotopic (exact) mass is 290 g/mol. The minimum atomic E-state index is 0.546. The van der Waals surface area contributed by atoms with Crippen LogP contribution in [0.4, 0.5) is 0 Å². The lowest BCUT2D eigenvalue weighted by atomic mass is 10.0. The Bertz CT molecular complexity index is 559. The zero-order valence-corrected chi connectivity index (χ0v) is 12.9. The second-order valence-electron chi connectivity index (χ2n) is 4.90. The molecule has 2 rings (SSSR count). The van der Waals surface area contributed by atoms with Gasteiger partial charge in [-0.1, -0.05) is 41.4 Å². The number of methoxy groups -OCH3 is 1. The molecule has 4 heteroatoms. The predicted molar refractivity (Wildman–Crippen MR) is 81.3 cm³/mol. The Morgan fingerprint density at radius 3 is 2.40 bits per heavy atom. The van der Waals surface area contributed by atoms with Crippen molar-refractivity contribution in [2.45, 2.75) is 26.7 Å². The van der Waals surface area contributed by atoms with Crippen molar-refractivity contribution in [2.75, 3.05) is 13.7 Å². The van der Waals surface area contributed by atoms with Gasteiger partial charge in [0.1, 0.15) is 11.0 Å². The summed E-state index contributed by atoms with van der Waals surface area (Å²) < 4.78 is 5.04.